The minimum Gasteiger partial charge on any atom is -0.349 e. The van der Waals surface area contributed by atoms with E-state index in [0.29, 0.717) is 12.0 Å². The molecule has 0 saturated heterocycles. The van der Waals surface area contributed by atoms with Crippen LogP contribution in [-0.4, -0.2) is 11.9 Å². The van der Waals surface area contributed by atoms with Crippen LogP contribution in [-0.2, 0) is 0 Å². The molecule has 0 radical (unpaired) electrons. The molecule has 2 nitrogen and oxygen atoms in total. The van der Waals surface area contributed by atoms with Crippen molar-refractivity contribution in [3.05, 3.63) is 33.4 Å². The van der Waals surface area contributed by atoms with Crippen LogP contribution in [0.3, 0.4) is 0 Å². The van der Waals surface area contributed by atoms with Crippen LogP contribution in [0.1, 0.15) is 36.5 Å². The second-order valence-electron chi connectivity index (χ2n) is 4.43. The molecule has 1 amide bonds. The Morgan fingerprint density at radius 1 is 1.44 bits per heavy atom. The van der Waals surface area contributed by atoms with E-state index >= 15 is 0 Å². The molecular formula is C13H16INO. The van der Waals surface area contributed by atoms with Crippen molar-refractivity contribution in [3.8, 4) is 0 Å². The summed E-state index contributed by atoms with van der Waals surface area (Å²) in [5.74, 6) is 0.745. The molecule has 1 saturated carbocycles. The molecule has 3 heteroatoms. The zero-order valence-electron chi connectivity index (χ0n) is 9.37. The van der Waals surface area contributed by atoms with Gasteiger partial charge in [0.2, 0.25) is 0 Å². The van der Waals surface area contributed by atoms with E-state index in [1.54, 1.807) is 0 Å². The third kappa shape index (κ3) is 2.56. The highest BCUT2D eigenvalue weighted by atomic mass is 127. The largest absolute Gasteiger partial charge is 0.349 e. The Hall–Kier alpha value is -0.580. The van der Waals surface area contributed by atoms with Gasteiger partial charge in [-0.05, 0) is 60.4 Å². The van der Waals surface area contributed by atoms with E-state index in [2.05, 4.69) is 34.8 Å². The van der Waals surface area contributed by atoms with Crippen molar-refractivity contribution in [2.45, 2.75) is 32.2 Å². The fourth-order valence-corrected chi connectivity index (χ4v) is 2.62. The van der Waals surface area contributed by atoms with Gasteiger partial charge in [0, 0.05) is 9.61 Å². The van der Waals surface area contributed by atoms with Crippen LogP contribution < -0.4 is 5.32 Å². The first kappa shape index (κ1) is 11.9. The Morgan fingerprint density at radius 2 is 2.12 bits per heavy atom. The molecule has 2 rings (SSSR count). The van der Waals surface area contributed by atoms with Crippen LogP contribution in [0, 0.1) is 9.49 Å². The summed E-state index contributed by atoms with van der Waals surface area (Å²) in [6.07, 6.45) is 3.83. The Labute approximate surface area is 110 Å². The molecule has 0 aliphatic heterocycles. The van der Waals surface area contributed by atoms with Gasteiger partial charge in [-0.3, -0.25) is 4.79 Å². The summed E-state index contributed by atoms with van der Waals surface area (Å²) in [6, 6.07) is 8.00. The lowest BCUT2D eigenvalue weighted by molar-refractivity contribution is 0.0908. The van der Waals surface area contributed by atoms with E-state index in [4.69, 9.17) is 0 Å². The second kappa shape index (κ2) is 5.17. The van der Waals surface area contributed by atoms with Crippen molar-refractivity contribution in [1.29, 1.82) is 0 Å². The van der Waals surface area contributed by atoms with Crippen LogP contribution in [0.15, 0.2) is 24.3 Å². The smallest absolute Gasteiger partial charge is 0.252 e. The molecule has 1 unspecified atom stereocenters. The van der Waals surface area contributed by atoms with Crippen molar-refractivity contribution < 1.29 is 4.79 Å². The third-order valence-corrected chi connectivity index (χ3v) is 4.27. The number of nitrogens with one attached hydrogen (secondary N) is 1. The number of amides is 1. The Kier molecular flexibility index (Phi) is 3.84. The van der Waals surface area contributed by atoms with Gasteiger partial charge in [0.05, 0.1) is 5.56 Å². The van der Waals surface area contributed by atoms with E-state index in [1.807, 2.05) is 24.3 Å². The van der Waals surface area contributed by atoms with Crippen LogP contribution >= 0.6 is 22.6 Å². The maximum Gasteiger partial charge on any atom is 0.252 e. The SMILES string of the molecule is CC(NC(=O)c1ccccc1I)C1CCC1. The van der Waals surface area contributed by atoms with Gasteiger partial charge in [-0.2, -0.15) is 0 Å². The monoisotopic (exact) mass is 329 g/mol. The van der Waals surface area contributed by atoms with Crippen molar-refractivity contribution in [3.63, 3.8) is 0 Å². The predicted octanol–water partition coefficient (Wildman–Crippen LogP) is 3.21. The van der Waals surface area contributed by atoms with Gasteiger partial charge >= 0.3 is 0 Å². The van der Waals surface area contributed by atoms with Crippen molar-refractivity contribution >= 4 is 28.5 Å². The lowest BCUT2D eigenvalue weighted by atomic mass is 9.80. The van der Waals surface area contributed by atoms with Crippen LogP contribution in [0.2, 0.25) is 0 Å². The lowest BCUT2D eigenvalue weighted by Gasteiger charge is -2.31. The standard InChI is InChI=1S/C13H16INO/c1-9(10-5-4-6-10)15-13(16)11-7-2-3-8-12(11)14/h2-3,7-10H,4-6H2,1H3,(H,15,16). The summed E-state index contributed by atoms with van der Waals surface area (Å²) in [6.45, 7) is 2.11. The average Bonchev–Trinajstić information content (AvgIpc) is 2.15. The van der Waals surface area contributed by atoms with Gasteiger partial charge in [0.1, 0.15) is 0 Å². The highest BCUT2D eigenvalue weighted by Gasteiger charge is 2.25. The number of carbonyl (C=O) groups excluding carboxylic acids is 1. The van der Waals surface area contributed by atoms with Crippen LogP contribution in [0.4, 0.5) is 0 Å². The van der Waals surface area contributed by atoms with E-state index in [0.717, 1.165) is 9.13 Å². The number of carbonyl (C=O) groups is 1. The maximum atomic E-state index is 12.0. The van der Waals surface area contributed by atoms with E-state index in [9.17, 15) is 4.79 Å². The lowest BCUT2D eigenvalue weighted by Crippen LogP contribution is -2.40. The highest BCUT2D eigenvalue weighted by molar-refractivity contribution is 14.1. The zero-order valence-corrected chi connectivity index (χ0v) is 11.5. The van der Waals surface area contributed by atoms with Gasteiger partial charge in [0.15, 0.2) is 0 Å². The van der Waals surface area contributed by atoms with E-state index in [-0.39, 0.29) is 5.91 Å². The summed E-state index contributed by atoms with van der Waals surface area (Å²) in [5.41, 5.74) is 0.786. The molecule has 0 heterocycles. The Bertz CT molecular complexity index is 387. The summed E-state index contributed by atoms with van der Waals surface area (Å²) in [7, 11) is 0. The van der Waals surface area contributed by atoms with Crippen molar-refractivity contribution in [2.75, 3.05) is 0 Å². The first-order chi connectivity index (χ1) is 7.68. The minimum absolute atomic E-state index is 0.0596. The Balaban J connectivity index is 2.00. The number of rotatable bonds is 3. The van der Waals surface area contributed by atoms with Gasteiger partial charge < -0.3 is 5.32 Å². The summed E-state index contributed by atoms with van der Waals surface area (Å²) in [4.78, 5) is 12.0. The molecule has 1 atom stereocenters. The van der Waals surface area contributed by atoms with Gasteiger partial charge in [-0.15, -0.1) is 0 Å². The molecule has 1 N–H and O–H groups in total. The predicted molar refractivity (Wildman–Crippen MR) is 73.4 cm³/mol. The number of hydrogen-bond donors (Lipinski definition) is 1. The molecule has 1 aromatic carbocycles. The van der Waals surface area contributed by atoms with Crippen LogP contribution in [0.5, 0.6) is 0 Å². The topological polar surface area (TPSA) is 29.1 Å². The van der Waals surface area contributed by atoms with Gasteiger partial charge in [-0.25, -0.2) is 0 Å². The highest BCUT2D eigenvalue weighted by Crippen LogP contribution is 2.29. The van der Waals surface area contributed by atoms with Crippen LogP contribution in [0.25, 0.3) is 0 Å². The molecule has 1 aliphatic carbocycles. The second-order valence-corrected chi connectivity index (χ2v) is 5.60. The first-order valence-electron chi connectivity index (χ1n) is 5.74. The molecule has 1 aromatic rings. The molecule has 1 aliphatic rings. The van der Waals surface area contributed by atoms with Gasteiger partial charge in [-0.1, -0.05) is 18.6 Å². The summed E-state index contributed by atoms with van der Waals surface area (Å²) >= 11 is 2.20. The van der Waals surface area contributed by atoms with E-state index in [1.165, 1.54) is 19.3 Å². The fraction of sp³-hybridized carbons (Fsp3) is 0.462. The Morgan fingerprint density at radius 3 is 2.69 bits per heavy atom. The average molecular weight is 329 g/mol. The minimum atomic E-state index is 0.0596. The number of halogens is 1. The molecule has 0 bridgehead atoms. The van der Waals surface area contributed by atoms with Gasteiger partial charge in [0.25, 0.3) is 5.91 Å². The zero-order chi connectivity index (χ0) is 11.5. The molecule has 1 fully saturated rings. The molecule has 16 heavy (non-hydrogen) atoms. The fourth-order valence-electron chi connectivity index (χ4n) is 1.99. The van der Waals surface area contributed by atoms with E-state index < -0.39 is 0 Å². The first-order valence-corrected chi connectivity index (χ1v) is 6.82. The normalized spacial score (nSPS) is 17.6. The maximum absolute atomic E-state index is 12.0. The summed E-state index contributed by atoms with van der Waals surface area (Å²) < 4.78 is 1.01. The summed E-state index contributed by atoms with van der Waals surface area (Å²) in [5, 5.41) is 3.10. The van der Waals surface area contributed by atoms with Crippen molar-refractivity contribution in [1.82, 2.24) is 5.32 Å². The molecule has 0 spiro atoms. The number of hydrogen-bond acceptors (Lipinski definition) is 1. The number of benzene rings is 1. The quantitative estimate of drug-likeness (QED) is 0.848. The molecule has 0 aromatic heterocycles. The molecular weight excluding hydrogens is 313 g/mol. The molecule has 86 valence electrons. The van der Waals surface area contributed by atoms with Crippen molar-refractivity contribution in [2.24, 2.45) is 5.92 Å². The third-order valence-electron chi connectivity index (χ3n) is 3.33.